The summed E-state index contributed by atoms with van der Waals surface area (Å²) in [5.74, 6) is 0.184. The van der Waals surface area contributed by atoms with Gasteiger partial charge in [0.05, 0.1) is 17.5 Å². The summed E-state index contributed by atoms with van der Waals surface area (Å²) in [5.41, 5.74) is 10.6. The molecule has 0 aliphatic carbocycles. The summed E-state index contributed by atoms with van der Waals surface area (Å²) in [6, 6.07) is 14.6. The number of anilines is 3. The molecule has 2 aromatic carbocycles. The summed E-state index contributed by atoms with van der Waals surface area (Å²) in [7, 11) is 0. The van der Waals surface area contributed by atoms with Crippen LogP contribution >= 0.6 is 11.3 Å². The Morgan fingerprint density at radius 1 is 1.05 bits per heavy atom. The number of rotatable bonds is 6. The van der Waals surface area contributed by atoms with Gasteiger partial charge < -0.3 is 16.0 Å². The van der Waals surface area contributed by atoms with E-state index in [1.54, 1.807) is 16.8 Å². The van der Waals surface area contributed by atoms with Crippen LogP contribution in [0.2, 0.25) is 0 Å². The van der Waals surface area contributed by atoms with Crippen molar-refractivity contribution in [2.24, 2.45) is 5.73 Å². The van der Waals surface area contributed by atoms with Gasteiger partial charge in [-0.2, -0.15) is 5.10 Å². The van der Waals surface area contributed by atoms with Crippen molar-refractivity contribution in [1.82, 2.24) is 24.5 Å². The Bertz CT molecular complexity index is 1580. The van der Waals surface area contributed by atoms with Crippen LogP contribution in [0.15, 0.2) is 60.4 Å². The molecule has 0 spiro atoms. The van der Waals surface area contributed by atoms with Gasteiger partial charge in [0, 0.05) is 64.6 Å². The number of primary amides is 1. The molecular formula is C27H28N8OS. The monoisotopic (exact) mass is 512 g/mol. The molecule has 1 amide bonds. The van der Waals surface area contributed by atoms with Crippen molar-refractivity contribution in [3.05, 3.63) is 65.9 Å². The van der Waals surface area contributed by atoms with E-state index >= 15 is 0 Å². The molecule has 0 unspecified atom stereocenters. The van der Waals surface area contributed by atoms with E-state index in [4.69, 9.17) is 10.7 Å². The number of amides is 1. The Labute approximate surface area is 218 Å². The van der Waals surface area contributed by atoms with E-state index in [0.717, 1.165) is 53.2 Å². The number of piperazine rings is 1. The van der Waals surface area contributed by atoms with E-state index in [2.05, 4.69) is 63.3 Å². The van der Waals surface area contributed by atoms with Crippen LogP contribution in [0, 0.1) is 0 Å². The molecule has 9 nitrogen and oxygen atoms in total. The van der Waals surface area contributed by atoms with Crippen molar-refractivity contribution in [1.29, 1.82) is 0 Å². The molecule has 4 heterocycles. The standard InChI is InChI=1S/C27H28N8OS/c1-17(2)33-10-12-34(13-11-33)19-8-6-18(7-9-19)32-26-27-30-16-31-35(27)23(14-29-26)22-15-37-24-20(22)4-3-5-21(24)25(28)36/h3-9,14-17H,10-13H2,1-2H3,(H2,28,36)(H,29,32). The normalized spacial score (nSPS) is 14.6. The predicted octanol–water partition coefficient (Wildman–Crippen LogP) is 4.38. The van der Waals surface area contributed by atoms with Crippen LogP contribution in [0.25, 0.3) is 27.0 Å². The molecule has 5 aromatic rings. The van der Waals surface area contributed by atoms with Gasteiger partial charge in [-0.05, 0) is 44.2 Å². The number of carbonyl (C=O) groups is 1. The average Bonchev–Trinajstić information content (AvgIpc) is 3.57. The topological polar surface area (TPSA) is 105 Å². The average molecular weight is 513 g/mol. The number of nitrogens with zero attached hydrogens (tertiary/aromatic N) is 6. The Morgan fingerprint density at radius 2 is 1.84 bits per heavy atom. The Balaban J connectivity index is 1.26. The van der Waals surface area contributed by atoms with E-state index in [1.165, 1.54) is 23.4 Å². The molecule has 37 heavy (non-hydrogen) atoms. The van der Waals surface area contributed by atoms with E-state index in [-0.39, 0.29) is 0 Å². The zero-order valence-corrected chi connectivity index (χ0v) is 21.6. The first-order valence-corrected chi connectivity index (χ1v) is 13.2. The number of hydrogen-bond acceptors (Lipinski definition) is 8. The zero-order valence-electron chi connectivity index (χ0n) is 20.8. The fourth-order valence-electron chi connectivity index (χ4n) is 4.93. The number of nitrogens with one attached hydrogen (secondary N) is 1. The third-order valence-corrected chi connectivity index (χ3v) is 8.01. The van der Waals surface area contributed by atoms with Gasteiger partial charge >= 0.3 is 0 Å². The van der Waals surface area contributed by atoms with E-state index in [0.29, 0.717) is 23.1 Å². The van der Waals surface area contributed by atoms with Crippen LogP contribution in [0.1, 0.15) is 24.2 Å². The smallest absolute Gasteiger partial charge is 0.250 e. The van der Waals surface area contributed by atoms with Crippen molar-refractivity contribution in [3.8, 4) is 11.3 Å². The third-order valence-electron chi connectivity index (χ3n) is 6.98. The molecule has 0 bridgehead atoms. The van der Waals surface area contributed by atoms with Crippen LogP contribution in [0.3, 0.4) is 0 Å². The highest BCUT2D eigenvalue weighted by Crippen LogP contribution is 2.36. The molecule has 1 aliphatic heterocycles. The fourth-order valence-corrected chi connectivity index (χ4v) is 6.01. The maximum atomic E-state index is 11.9. The Hall–Kier alpha value is -4.02. The van der Waals surface area contributed by atoms with Crippen molar-refractivity contribution in [2.75, 3.05) is 36.4 Å². The van der Waals surface area contributed by atoms with Gasteiger partial charge in [-0.3, -0.25) is 9.69 Å². The number of carbonyl (C=O) groups excluding carboxylic acids is 1. The van der Waals surface area contributed by atoms with Crippen molar-refractivity contribution in [3.63, 3.8) is 0 Å². The molecule has 1 saturated heterocycles. The summed E-state index contributed by atoms with van der Waals surface area (Å²) in [6.45, 7) is 8.75. The highest BCUT2D eigenvalue weighted by molar-refractivity contribution is 7.18. The first-order chi connectivity index (χ1) is 18.0. The van der Waals surface area contributed by atoms with Crippen molar-refractivity contribution >= 4 is 50.2 Å². The van der Waals surface area contributed by atoms with Gasteiger partial charge in [0.15, 0.2) is 11.5 Å². The van der Waals surface area contributed by atoms with Crippen molar-refractivity contribution in [2.45, 2.75) is 19.9 Å². The highest BCUT2D eigenvalue weighted by Gasteiger charge is 2.20. The molecule has 6 rings (SSSR count). The lowest BCUT2D eigenvalue weighted by atomic mass is 10.1. The molecule has 188 valence electrons. The van der Waals surface area contributed by atoms with Gasteiger partial charge in [0.2, 0.25) is 5.91 Å². The first-order valence-electron chi connectivity index (χ1n) is 12.3. The van der Waals surface area contributed by atoms with Crippen LogP contribution in [0.4, 0.5) is 17.2 Å². The number of hydrogen-bond donors (Lipinski definition) is 2. The number of nitrogens with two attached hydrogens (primary N) is 1. The van der Waals surface area contributed by atoms with E-state index in [9.17, 15) is 4.79 Å². The van der Waals surface area contributed by atoms with Gasteiger partial charge in [-0.25, -0.2) is 14.5 Å². The minimum absolute atomic E-state index is 0.439. The summed E-state index contributed by atoms with van der Waals surface area (Å²) in [5, 5.41) is 10.8. The van der Waals surface area contributed by atoms with Crippen LogP contribution in [-0.4, -0.2) is 62.6 Å². The molecule has 1 aliphatic rings. The van der Waals surface area contributed by atoms with E-state index in [1.807, 2.05) is 17.5 Å². The number of aromatic nitrogens is 4. The van der Waals surface area contributed by atoms with Gasteiger partial charge in [0.1, 0.15) is 6.33 Å². The van der Waals surface area contributed by atoms with Gasteiger partial charge in [-0.15, -0.1) is 11.3 Å². The minimum atomic E-state index is -0.439. The molecule has 0 radical (unpaired) electrons. The summed E-state index contributed by atoms with van der Waals surface area (Å²) < 4.78 is 2.63. The summed E-state index contributed by atoms with van der Waals surface area (Å²) in [6.07, 6.45) is 3.31. The second-order valence-electron chi connectivity index (χ2n) is 9.47. The molecule has 3 aromatic heterocycles. The highest BCUT2D eigenvalue weighted by atomic mass is 32.1. The van der Waals surface area contributed by atoms with Crippen LogP contribution < -0.4 is 16.0 Å². The lowest BCUT2D eigenvalue weighted by molar-refractivity contribution is 0.100. The minimum Gasteiger partial charge on any atom is -0.369 e. The maximum absolute atomic E-state index is 11.9. The number of benzene rings is 2. The second-order valence-corrected chi connectivity index (χ2v) is 10.4. The quantitative estimate of drug-likeness (QED) is 0.348. The van der Waals surface area contributed by atoms with Gasteiger partial charge in [-0.1, -0.05) is 12.1 Å². The molecule has 0 saturated carbocycles. The lowest BCUT2D eigenvalue weighted by Gasteiger charge is -2.38. The van der Waals surface area contributed by atoms with Gasteiger partial charge in [0.25, 0.3) is 0 Å². The van der Waals surface area contributed by atoms with E-state index < -0.39 is 5.91 Å². The number of thiophene rings is 1. The SMILES string of the molecule is CC(C)N1CCN(c2ccc(Nc3ncc(-c4csc5c(C(N)=O)cccc45)n4ncnc34)cc2)CC1. The largest absolute Gasteiger partial charge is 0.369 e. The fraction of sp³-hybridized carbons (Fsp3) is 0.259. The summed E-state index contributed by atoms with van der Waals surface area (Å²) in [4.78, 5) is 26.0. The van der Waals surface area contributed by atoms with Crippen LogP contribution in [0.5, 0.6) is 0 Å². The maximum Gasteiger partial charge on any atom is 0.250 e. The molecule has 10 heteroatoms. The predicted molar refractivity (Wildman–Crippen MR) is 149 cm³/mol. The summed E-state index contributed by atoms with van der Waals surface area (Å²) >= 11 is 1.48. The lowest BCUT2D eigenvalue weighted by Crippen LogP contribution is -2.48. The first kappa shape index (κ1) is 23.4. The molecule has 3 N–H and O–H groups in total. The second kappa shape index (κ2) is 9.45. The molecule has 1 fully saturated rings. The van der Waals surface area contributed by atoms with Crippen LogP contribution in [-0.2, 0) is 0 Å². The Kier molecular flexibility index (Phi) is 5.97. The zero-order chi connectivity index (χ0) is 25.5. The Morgan fingerprint density at radius 3 is 2.57 bits per heavy atom. The number of fused-ring (bicyclic) bond motifs is 2. The molecule has 0 atom stereocenters. The third kappa shape index (κ3) is 4.28. The molecular weight excluding hydrogens is 484 g/mol. The van der Waals surface area contributed by atoms with Crippen molar-refractivity contribution < 1.29 is 4.79 Å².